The van der Waals surface area contributed by atoms with Crippen LogP contribution in [0.1, 0.15) is 5.56 Å². The average molecular weight is 400 g/mol. The number of carbonyl (C=O) groups excluding carboxylic acids is 2. The number of nitrogens with one attached hydrogen (secondary N) is 3. The Morgan fingerprint density at radius 2 is 1.75 bits per heavy atom. The van der Waals surface area contributed by atoms with Crippen LogP contribution in [0.4, 0.5) is 5.69 Å². The van der Waals surface area contributed by atoms with Gasteiger partial charge in [0.1, 0.15) is 5.75 Å². The monoisotopic (exact) mass is 400 g/mol. The van der Waals surface area contributed by atoms with Crippen LogP contribution in [0.25, 0.3) is 6.08 Å². The Morgan fingerprint density at radius 1 is 1.07 bits per heavy atom. The lowest BCUT2D eigenvalue weighted by Crippen LogP contribution is -2.49. The van der Waals surface area contributed by atoms with Crippen LogP contribution in [0.5, 0.6) is 5.75 Å². The lowest BCUT2D eigenvalue weighted by atomic mass is 10.2. The molecule has 0 aliphatic heterocycles. The van der Waals surface area contributed by atoms with Gasteiger partial charge in [-0.2, -0.15) is 0 Å². The van der Waals surface area contributed by atoms with E-state index >= 15 is 0 Å². The van der Waals surface area contributed by atoms with Gasteiger partial charge in [0.15, 0.2) is 11.7 Å². The van der Waals surface area contributed by atoms with E-state index in [0.717, 1.165) is 0 Å². The van der Waals surface area contributed by atoms with Crippen molar-refractivity contribution >= 4 is 40.9 Å². The summed E-state index contributed by atoms with van der Waals surface area (Å²) < 4.78 is 5.26. The van der Waals surface area contributed by atoms with Crippen LogP contribution in [0.2, 0.25) is 0 Å². The summed E-state index contributed by atoms with van der Waals surface area (Å²) in [5.74, 6) is -0.475. The topological polar surface area (TPSA) is 123 Å². The van der Waals surface area contributed by atoms with Crippen molar-refractivity contribution in [1.29, 1.82) is 0 Å². The number of hydrazine groups is 1. The first-order chi connectivity index (χ1) is 13.4. The summed E-state index contributed by atoms with van der Waals surface area (Å²) in [5.41, 5.74) is 5.23. The summed E-state index contributed by atoms with van der Waals surface area (Å²) in [6, 6.07) is 14.5. The SMILES string of the molecule is O=C(/C=C/c1ccc([N+](=O)[O-])cc1)NC(=S)NNC(=O)COc1ccccc1. The molecule has 9 nitrogen and oxygen atoms in total. The normalized spacial score (nSPS) is 10.1. The lowest BCUT2D eigenvalue weighted by molar-refractivity contribution is -0.384. The van der Waals surface area contributed by atoms with Gasteiger partial charge in [0.2, 0.25) is 5.91 Å². The molecule has 10 heteroatoms. The Labute approximate surface area is 165 Å². The predicted molar refractivity (Wildman–Crippen MR) is 106 cm³/mol. The average Bonchev–Trinajstić information content (AvgIpc) is 2.70. The van der Waals surface area contributed by atoms with Crippen molar-refractivity contribution in [2.24, 2.45) is 0 Å². The molecule has 0 unspecified atom stereocenters. The van der Waals surface area contributed by atoms with E-state index < -0.39 is 16.7 Å². The van der Waals surface area contributed by atoms with Gasteiger partial charge < -0.3 is 4.74 Å². The van der Waals surface area contributed by atoms with Crippen LogP contribution in [0.3, 0.4) is 0 Å². The second-order valence-corrected chi connectivity index (χ2v) is 5.68. The minimum Gasteiger partial charge on any atom is -0.484 e. The fraction of sp³-hybridized carbons (Fsp3) is 0.0556. The van der Waals surface area contributed by atoms with Crippen molar-refractivity contribution in [2.75, 3.05) is 6.61 Å². The van der Waals surface area contributed by atoms with E-state index in [4.69, 9.17) is 17.0 Å². The highest BCUT2D eigenvalue weighted by Gasteiger charge is 2.06. The standard InChI is InChI=1S/C18H16N4O5S/c23-16(11-8-13-6-9-14(10-7-13)22(25)26)19-18(28)21-20-17(24)12-27-15-4-2-1-3-5-15/h1-11H,12H2,(H,20,24)(H2,19,21,23,28)/b11-8+. The third-order valence-electron chi connectivity index (χ3n) is 3.20. The van der Waals surface area contributed by atoms with Crippen LogP contribution >= 0.6 is 12.2 Å². The fourth-order valence-corrected chi connectivity index (χ4v) is 2.04. The number of thiocarbonyl (C=S) groups is 1. The van der Waals surface area contributed by atoms with Crippen molar-refractivity contribution in [3.63, 3.8) is 0 Å². The van der Waals surface area contributed by atoms with Crippen molar-refractivity contribution in [3.05, 3.63) is 76.4 Å². The zero-order valence-electron chi connectivity index (χ0n) is 14.5. The van der Waals surface area contributed by atoms with Crippen molar-refractivity contribution in [3.8, 4) is 5.75 Å². The Morgan fingerprint density at radius 3 is 2.39 bits per heavy atom. The van der Waals surface area contributed by atoms with E-state index in [1.807, 2.05) is 6.07 Å². The molecule has 0 spiro atoms. The highest BCUT2D eigenvalue weighted by atomic mass is 32.1. The number of hydrogen-bond acceptors (Lipinski definition) is 6. The van der Waals surface area contributed by atoms with Gasteiger partial charge in [0.05, 0.1) is 4.92 Å². The minimum absolute atomic E-state index is 0.0426. The van der Waals surface area contributed by atoms with Gasteiger partial charge >= 0.3 is 0 Å². The molecule has 0 saturated heterocycles. The molecule has 0 heterocycles. The molecule has 2 amide bonds. The van der Waals surface area contributed by atoms with Gasteiger partial charge in [0.25, 0.3) is 11.6 Å². The Hall–Kier alpha value is -3.79. The van der Waals surface area contributed by atoms with E-state index in [-0.39, 0.29) is 17.4 Å². The first-order valence-electron chi connectivity index (χ1n) is 7.94. The number of ether oxygens (including phenoxy) is 1. The maximum atomic E-state index is 11.8. The first kappa shape index (κ1) is 20.5. The summed E-state index contributed by atoms with van der Waals surface area (Å²) in [5, 5.41) is 12.8. The van der Waals surface area contributed by atoms with E-state index in [0.29, 0.717) is 11.3 Å². The summed E-state index contributed by atoms with van der Waals surface area (Å²) in [7, 11) is 0. The van der Waals surface area contributed by atoms with Gasteiger partial charge in [-0.1, -0.05) is 18.2 Å². The number of nitrogens with zero attached hydrogens (tertiary/aromatic N) is 1. The molecule has 0 aromatic heterocycles. The number of nitro groups is 1. The Kier molecular flexibility index (Phi) is 7.61. The molecular weight excluding hydrogens is 384 g/mol. The van der Waals surface area contributed by atoms with Gasteiger partial charge in [-0.05, 0) is 48.1 Å². The van der Waals surface area contributed by atoms with Gasteiger partial charge in [0, 0.05) is 18.2 Å². The van der Waals surface area contributed by atoms with Gasteiger partial charge in [-0.25, -0.2) is 0 Å². The zero-order chi connectivity index (χ0) is 20.4. The summed E-state index contributed by atoms with van der Waals surface area (Å²) in [4.78, 5) is 33.5. The lowest BCUT2D eigenvalue weighted by Gasteiger charge is -2.10. The molecule has 0 radical (unpaired) electrons. The van der Waals surface area contributed by atoms with E-state index in [2.05, 4.69) is 16.2 Å². The molecule has 0 aliphatic rings. The third-order valence-corrected chi connectivity index (χ3v) is 3.40. The fourth-order valence-electron chi connectivity index (χ4n) is 1.89. The van der Waals surface area contributed by atoms with Crippen molar-refractivity contribution in [2.45, 2.75) is 0 Å². The molecule has 0 saturated carbocycles. The molecular formula is C18H16N4O5S. The van der Waals surface area contributed by atoms with Crippen LogP contribution < -0.4 is 20.9 Å². The number of nitro benzene ring substituents is 1. The number of para-hydroxylation sites is 1. The number of hydrogen-bond donors (Lipinski definition) is 3. The van der Waals surface area contributed by atoms with Crippen LogP contribution in [-0.4, -0.2) is 28.5 Å². The van der Waals surface area contributed by atoms with E-state index in [9.17, 15) is 19.7 Å². The second kappa shape index (κ2) is 10.4. The molecule has 2 rings (SSSR count). The maximum absolute atomic E-state index is 11.8. The third kappa shape index (κ3) is 7.22. The number of carbonyl (C=O) groups is 2. The highest BCUT2D eigenvalue weighted by Crippen LogP contribution is 2.12. The van der Waals surface area contributed by atoms with Crippen molar-refractivity contribution in [1.82, 2.24) is 16.2 Å². The second-order valence-electron chi connectivity index (χ2n) is 5.28. The Balaban J connectivity index is 1.70. The van der Waals surface area contributed by atoms with Crippen LogP contribution in [0, 0.1) is 10.1 Å². The molecule has 0 bridgehead atoms. The smallest absolute Gasteiger partial charge is 0.276 e. The highest BCUT2D eigenvalue weighted by molar-refractivity contribution is 7.80. The molecule has 28 heavy (non-hydrogen) atoms. The predicted octanol–water partition coefficient (Wildman–Crippen LogP) is 1.71. The number of amides is 2. The maximum Gasteiger partial charge on any atom is 0.276 e. The van der Waals surface area contributed by atoms with E-state index in [1.165, 1.54) is 36.4 Å². The zero-order valence-corrected chi connectivity index (χ0v) is 15.3. The molecule has 0 atom stereocenters. The van der Waals surface area contributed by atoms with Crippen molar-refractivity contribution < 1.29 is 19.2 Å². The molecule has 2 aromatic carbocycles. The summed E-state index contributed by atoms with van der Waals surface area (Å²) in [6.45, 7) is -0.229. The quantitative estimate of drug-likeness (QED) is 0.292. The first-order valence-corrected chi connectivity index (χ1v) is 8.35. The summed E-state index contributed by atoms with van der Waals surface area (Å²) >= 11 is 4.90. The molecule has 144 valence electrons. The van der Waals surface area contributed by atoms with E-state index in [1.54, 1.807) is 24.3 Å². The molecule has 0 fully saturated rings. The van der Waals surface area contributed by atoms with Crippen LogP contribution in [0.15, 0.2) is 60.7 Å². The Bertz CT molecular complexity index is 885. The van der Waals surface area contributed by atoms with Crippen LogP contribution in [-0.2, 0) is 9.59 Å². The summed E-state index contributed by atoms with van der Waals surface area (Å²) in [6.07, 6.45) is 2.67. The van der Waals surface area contributed by atoms with Gasteiger partial charge in [-0.3, -0.25) is 35.9 Å². The number of benzene rings is 2. The number of non-ortho nitro benzene ring substituents is 1. The largest absolute Gasteiger partial charge is 0.484 e. The molecule has 2 aromatic rings. The molecule has 0 aliphatic carbocycles. The molecule has 3 N–H and O–H groups in total. The minimum atomic E-state index is -0.536. The van der Waals surface area contributed by atoms with Gasteiger partial charge in [-0.15, -0.1) is 0 Å². The number of rotatable bonds is 6.